The molecule has 1 saturated heterocycles. The molecule has 0 spiro atoms. The predicted molar refractivity (Wildman–Crippen MR) is 64.8 cm³/mol. The first kappa shape index (κ1) is 12.3. The molecule has 5 heteroatoms. The minimum atomic E-state index is -0.0235. The number of aliphatic hydroxyl groups excluding tert-OH is 1. The first-order chi connectivity index (χ1) is 8.35. The molecule has 0 aromatic carbocycles. The van der Waals surface area contributed by atoms with Gasteiger partial charge in [-0.05, 0) is 12.8 Å². The second-order valence-corrected chi connectivity index (χ2v) is 4.23. The van der Waals surface area contributed by atoms with Gasteiger partial charge in [0.2, 0.25) is 0 Å². The average molecular weight is 237 g/mol. The van der Waals surface area contributed by atoms with E-state index in [1.165, 1.54) is 6.33 Å². The highest BCUT2D eigenvalue weighted by Crippen LogP contribution is 2.20. The molecule has 1 aliphatic heterocycles. The second-order valence-electron chi connectivity index (χ2n) is 4.23. The average Bonchev–Trinajstić information content (AvgIpc) is 2.64. The molecule has 2 heterocycles. The van der Waals surface area contributed by atoms with Crippen molar-refractivity contribution in [2.24, 2.45) is 0 Å². The van der Waals surface area contributed by atoms with Crippen LogP contribution in [0.4, 0.5) is 5.82 Å². The van der Waals surface area contributed by atoms with Gasteiger partial charge in [-0.3, -0.25) is 0 Å². The van der Waals surface area contributed by atoms with E-state index in [0.29, 0.717) is 0 Å². The first-order valence-corrected chi connectivity index (χ1v) is 6.11. The van der Waals surface area contributed by atoms with Gasteiger partial charge in [-0.2, -0.15) is 0 Å². The van der Waals surface area contributed by atoms with E-state index in [4.69, 9.17) is 4.74 Å². The van der Waals surface area contributed by atoms with Gasteiger partial charge in [-0.25, -0.2) is 9.97 Å². The molecular weight excluding hydrogens is 218 g/mol. The molecule has 1 atom stereocenters. The Labute approximate surface area is 101 Å². The maximum absolute atomic E-state index is 9.30. The Bertz CT molecular complexity index is 359. The van der Waals surface area contributed by atoms with Gasteiger partial charge in [-0.15, -0.1) is 0 Å². The number of nitrogens with zero attached hydrogens (tertiary/aromatic N) is 3. The van der Waals surface area contributed by atoms with E-state index in [-0.39, 0.29) is 12.7 Å². The zero-order valence-electron chi connectivity index (χ0n) is 10.2. The molecule has 1 aromatic rings. The summed E-state index contributed by atoms with van der Waals surface area (Å²) in [6.07, 6.45) is 5.44. The standard InChI is InChI=1S/C12H19N3O2/c1-2-11-7-15(4-3-5-17-11)12-10(8-16)6-13-9-14-12/h6,9,11,16H,2-5,7-8H2,1H3. The van der Waals surface area contributed by atoms with Crippen LogP contribution in [0.25, 0.3) is 0 Å². The second kappa shape index (κ2) is 5.93. The van der Waals surface area contributed by atoms with Crippen LogP contribution in [-0.2, 0) is 11.3 Å². The van der Waals surface area contributed by atoms with Crippen molar-refractivity contribution in [3.8, 4) is 0 Å². The third-order valence-corrected chi connectivity index (χ3v) is 3.04. The SMILES string of the molecule is CCC1CN(c2ncncc2CO)CCCO1. The third kappa shape index (κ3) is 2.92. The number of aromatic nitrogens is 2. The molecular formula is C12H19N3O2. The van der Waals surface area contributed by atoms with Crippen LogP contribution in [0.3, 0.4) is 0 Å². The lowest BCUT2D eigenvalue weighted by Gasteiger charge is -2.25. The number of aliphatic hydroxyl groups is 1. The van der Waals surface area contributed by atoms with E-state index in [1.54, 1.807) is 6.20 Å². The van der Waals surface area contributed by atoms with Crippen molar-refractivity contribution < 1.29 is 9.84 Å². The zero-order chi connectivity index (χ0) is 12.1. The van der Waals surface area contributed by atoms with Gasteiger partial charge in [0.25, 0.3) is 0 Å². The topological polar surface area (TPSA) is 58.5 Å². The van der Waals surface area contributed by atoms with Gasteiger partial charge in [0.15, 0.2) is 0 Å². The lowest BCUT2D eigenvalue weighted by atomic mass is 10.2. The van der Waals surface area contributed by atoms with Crippen molar-refractivity contribution >= 4 is 5.82 Å². The van der Waals surface area contributed by atoms with Gasteiger partial charge >= 0.3 is 0 Å². The quantitative estimate of drug-likeness (QED) is 0.849. The molecule has 0 radical (unpaired) electrons. The fourth-order valence-electron chi connectivity index (χ4n) is 2.08. The van der Waals surface area contributed by atoms with Crippen LogP contribution < -0.4 is 4.90 Å². The van der Waals surface area contributed by atoms with Gasteiger partial charge in [0.05, 0.1) is 12.7 Å². The van der Waals surface area contributed by atoms with E-state index >= 15 is 0 Å². The molecule has 1 fully saturated rings. The summed E-state index contributed by atoms with van der Waals surface area (Å²) in [7, 11) is 0. The summed E-state index contributed by atoms with van der Waals surface area (Å²) in [5.74, 6) is 0.839. The lowest BCUT2D eigenvalue weighted by molar-refractivity contribution is 0.0664. The molecule has 0 bridgehead atoms. The van der Waals surface area contributed by atoms with Crippen LogP contribution in [0.5, 0.6) is 0 Å². The first-order valence-electron chi connectivity index (χ1n) is 6.11. The number of ether oxygens (including phenoxy) is 1. The van der Waals surface area contributed by atoms with E-state index in [0.717, 1.165) is 43.9 Å². The summed E-state index contributed by atoms with van der Waals surface area (Å²) in [5, 5.41) is 9.30. The third-order valence-electron chi connectivity index (χ3n) is 3.04. The largest absolute Gasteiger partial charge is 0.391 e. The number of hydrogen-bond acceptors (Lipinski definition) is 5. The summed E-state index contributed by atoms with van der Waals surface area (Å²) in [6.45, 7) is 4.65. The fraction of sp³-hybridized carbons (Fsp3) is 0.667. The number of anilines is 1. The molecule has 1 unspecified atom stereocenters. The fourth-order valence-corrected chi connectivity index (χ4v) is 2.08. The van der Waals surface area contributed by atoms with Gasteiger partial charge in [0.1, 0.15) is 12.1 Å². The summed E-state index contributed by atoms with van der Waals surface area (Å²) in [6, 6.07) is 0. The smallest absolute Gasteiger partial charge is 0.137 e. The van der Waals surface area contributed by atoms with Gasteiger partial charge in [-0.1, -0.05) is 6.92 Å². The van der Waals surface area contributed by atoms with Crippen LogP contribution in [0.1, 0.15) is 25.3 Å². The Kier molecular flexibility index (Phi) is 4.28. The summed E-state index contributed by atoms with van der Waals surface area (Å²) < 4.78 is 5.73. The lowest BCUT2D eigenvalue weighted by Crippen LogP contribution is -2.32. The minimum absolute atomic E-state index is 0.0235. The molecule has 0 saturated carbocycles. The zero-order valence-corrected chi connectivity index (χ0v) is 10.2. The summed E-state index contributed by atoms with van der Waals surface area (Å²) >= 11 is 0. The Balaban J connectivity index is 2.18. The van der Waals surface area contributed by atoms with E-state index in [1.807, 2.05) is 0 Å². The Hall–Kier alpha value is -1.20. The predicted octanol–water partition coefficient (Wildman–Crippen LogP) is 0.974. The molecule has 0 amide bonds. The molecule has 0 aliphatic carbocycles. The molecule has 17 heavy (non-hydrogen) atoms. The van der Waals surface area contributed by atoms with Crippen molar-refractivity contribution in [3.05, 3.63) is 18.1 Å². The summed E-state index contributed by atoms with van der Waals surface area (Å²) in [5.41, 5.74) is 0.782. The van der Waals surface area contributed by atoms with Crippen LogP contribution in [0, 0.1) is 0 Å². The Morgan fingerprint density at radius 3 is 3.24 bits per heavy atom. The van der Waals surface area contributed by atoms with Crippen molar-refractivity contribution in [1.29, 1.82) is 0 Å². The van der Waals surface area contributed by atoms with Crippen LogP contribution in [-0.4, -0.2) is 40.9 Å². The van der Waals surface area contributed by atoms with E-state index in [9.17, 15) is 5.11 Å². The van der Waals surface area contributed by atoms with E-state index < -0.39 is 0 Å². The highest BCUT2D eigenvalue weighted by molar-refractivity contribution is 5.45. The maximum Gasteiger partial charge on any atom is 0.137 e. The van der Waals surface area contributed by atoms with Crippen molar-refractivity contribution in [3.63, 3.8) is 0 Å². The molecule has 5 nitrogen and oxygen atoms in total. The molecule has 1 aromatic heterocycles. The summed E-state index contributed by atoms with van der Waals surface area (Å²) in [4.78, 5) is 10.4. The number of rotatable bonds is 3. The van der Waals surface area contributed by atoms with Crippen LogP contribution >= 0.6 is 0 Å². The van der Waals surface area contributed by atoms with Crippen molar-refractivity contribution in [2.45, 2.75) is 32.5 Å². The van der Waals surface area contributed by atoms with Crippen LogP contribution in [0.15, 0.2) is 12.5 Å². The molecule has 1 N–H and O–H groups in total. The van der Waals surface area contributed by atoms with Crippen molar-refractivity contribution in [2.75, 3.05) is 24.6 Å². The van der Waals surface area contributed by atoms with E-state index in [2.05, 4.69) is 21.8 Å². The van der Waals surface area contributed by atoms with Gasteiger partial charge in [0, 0.05) is 31.5 Å². The monoisotopic (exact) mass is 237 g/mol. The Morgan fingerprint density at radius 2 is 2.47 bits per heavy atom. The maximum atomic E-state index is 9.30. The van der Waals surface area contributed by atoms with Crippen LogP contribution in [0.2, 0.25) is 0 Å². The normalized spacial score (nSPS) is 21.3. The highest BCUT2D eigenvalue weighted by atomic mass is 16.5. The minimum Gasteiger partial charge on any atom is -0.391 e. The van der Waals surface area contributed by atoms with Gasteiger partial charge < -0.3 is 14.7 Å². The molecule has 94 valence electrons. The molecule has 2 rings (SSSR count). The Morgan fingerprint density at radius 1 is 1.59 bits per heavy atom. The number of hydrogen-bond donors (Lipinski definition) is 1. The van der Waals surface area contributed by atoms with Crippen molar-refractivity contribution in [1.82, 2.24) is 9.97 Å². The highest BCUT2D eigenvalue weighted by Gasteiger charge is 2.20. The molecule has 1 aliphatic rings.